The number of likely N-dealkylation sites (tertiary alicyclic amines) is 1. The highest BCUT2D eigenvalue weighted by Crippen LogP contribution is 2.38. The maximum atomic E-state index is 12.4. The predicted molar refractivity (Wildman–Crippen MR) is 87.6 cm³/mol. The molecule has 1 N–H and O–H groups in total. The summed E-state index contributed by atoms with van der Waals surface area (Å²) in [6, 6.07) is 0. The van der Waals surface area contributed by atoms with Crippen LogP contribution in [-0.2, 0) is 9.53 Å². The van der Waals surface area contributed by atoms with E-state index in [-0.39, 0.29) is 30.3 Å². The van der Waals surface area contributed by atoms with Crippen molar-refractivity contribution >= 4 is 23.4 Å². The van der Waals surface area contributed by atoms with Crippen LogP contribution >= 0.6 is 11.3 Å². The molecule has 1 aliphatic rings. The summed E-state index contributed by atoms with van der Waals surface area (Å²) in [4.78, 5) is 29.6. The van der Waals surface area contributed by atoms with Crippen LogP contribution in [0.25, 0.3) is 0 Å². The Labute approximate surface area is 140 Å². The highest BCUT2D eigenvalue weighted by molar-refractivity contribution is 7.07. The Kier molecular flexibility index (Phi) is 5.29. The molecular formula is C16H24N2O4S. The number of hydrogen-bond donors (Lipinski definition) is 1. The van der Waals surface area contributed by atoms with E-state index in [1.54, 1.807) is 10.4 Å². The SMILES string of the molecule is CC1CN(C(=O)OC(C)(C)C)CC(c2cscn2)C1CC(=O)O. The van der Waals surface area contributed by atoms with Crippen LogP contribution in [0.2, 0.25) is 0 Å². The van der Waals surface area contributed by atoms with Crippen LogP contribution in [-0.4, -0.2) is 45.7 Å². The number of amides is 1. The van der Waals surface area contributed by atoms with E-state index in [1.807, 2.05) is 33.1 Å². The fourth-order valence-corrected chi connectivity index (χ4v) is 3.68. The van der Waals surface area contributed by atoms with Gasteiger partial charge >= 0.3 is 12.1 Å². The summed E-state index contributed by atoms with van der Waals surface area (Å²) < 4.78 is 5.46. The summed E-state index contributed by atoms with van der Waals surface area (Å²) in [7, 11) is 0. The Bertz CT molecular complexity index is 553. The molecule has 128 valence electrons. The third kappa shape index (κ3) is 4.67. The predicted octanol–water partition coefficient (Wildman–Crippen LogP) is 3.20. The molecule has 1 aliphatic heterocycles. The maximum absolute atomic E-state index is 12.4. The van der Waals surface area contributed by atoms with Gasteiger partial charge in [0.15, 0.2) is 0 Å². The molecule has 0 saturated carbocycles. The van der Waals surface area contributed by atoms with Crippen LogP contribution in [0.1, 0.15) is 45.7 Å². The van der Waals surface area contributed by atoms with Gasteiger partial charge in [-0.05, 0) is 32.6 Å². The Hall–Kier alpha value is -1.63. The van der Waals surface area contributed by atoms with Crippen LogP contribution in [0.3, 0.4) is 0 Å². The number of thiazole rings is 1. The second kappa shape index (κ2) is 6.86. The van der Waals surface area contributed by atoms with E-state index in [9.17, 15) is 14.7 Å². The summed E-state index contributed by atoms with van der Waals surface area (Å²) in [5.41, 5.74) is 2.06. The van der Waals surface area contributed by atoms with Gasteiger partial charge in [-0.2, -0.15) is 0 Å². The van der Waals surface area contributed by atoms with Gasteiger partial charge in [0.2, 0.25) is 0 Å². The number of carboxylic acid groups (broad SMARTS) is 1. The number of carbonyl (C=O) groups excluding carboxylic acids is 1. The Balaban J connectivity index is 2.19. The van der Waals surface area contributed by atoms with Crippen molar-refractivity contribution in [3.05, 3.63) is 16.6 Å². The number of aromatic nitrogens is 1. The molecule has 3 atom stereocenters. The van der Waals surface area contributed by atoms with Gasteiger partial charge in [-0.15, -0.1) is 11.3 Å². The molecule has 1 aromatic rings. The first-order valence-corrected chi connectivity index (χ1v) is 8.69. The average molecular weight is 340 g/mol. The molecule has 6 nitrogen and oxygen atoms in total. The number of rotatable bonds is 3. The standard InChI is InChI=1S/C16H24N2O4S/c1-10-6-18(15(21)22-16(2,3)4)7-12(11(10)5-14(19)20)13-8-23-9-17-13/h8-12H,5-7H2,1-4H3,(H,19,20). The fraction of sp³-hybridized carbons (Fsp3) is 0.688. The molecular weight excluding hydrogens is 316 g/mol. The molecule has 1 aromatic heterocycles. The van der Waals surface area contributed by atoms with Crippen LogP contribution in [0.4, 0.5) is 4.79 Å². The number of nitrogens with zero attached hydrogens (tertiary/aromatic N) is 2. The molecule has 0 aliphatic carbocycles. The zero-order valence-electron chi connectivity index (χ0n) is 14.0. The second-order valence-electron chi connectivity index (χ2n) is 7.14. The fourth-order valence-electron chi connectivity index (χ4n) is 3.07. The molecule has 0 spiro atoms. The highest BCUT2D eigenvalue weighted by Gasteiger charge is 2.40. The van der Waals surface area contributed by atoms with Gasteiger partial charge in [0, 0.05) is 30.8 Å². The largest absolute Gasteiger partial charge is 0.481 e. The quantitative estimate of drug-likeness (QED) is 0.914. The van der Waals surface area contributed by atoms with Gasteiger partial charge in [-0.25, -0.2) is 9.78 Å². The zero-order chi connectivity index (χ0) is 17.2. The number of hydrogen-bond acceptors (Lipinski definition) is 5. The third-order valence-electron chi connectivity index (χ3n) is 4.07. The minimum atomic E-state index is -0.812. The van der Waals surface area contributed by atoms with Gasteiger partial charge in [-0.1, -0.05) is 6.92 Å². The average Bonchev–Trinajstić information content (AvgIpc) is 2.92. The van der Waals surface area contributed by atoms with Crippen molar-refractivity contribution in [2.24, 2.45) is 11.8 Å². The normalized spacial score (nSPS) is 25.2. The molecule has 2 heterocycles. The number of aliphatic carboxylic acids is 1. The first-order valence-electron chi connectivity index (χ1n) is 7.75. The summed E-state index contributed by atoms with van der Waals surface area (Å²) in [5, 5.41) is 11.1. The van der Waals surface area contributed by atoms with Gasteiger partial charge < -0.3 is 14.7 Å². The molecule has 23 heavy (non-hydrogen) atoms. The molecule has 0 aromatic carbocycles. The van der Waals surface area contributed by atoms with Crippen molar-refractivity contribution in [2.45, 2.75) is 45.6 Å². The van der Waals surface area contributed by atoms with Crippen molar-refractivity contribution in [3.63, 3.8) is 0 Å². The monoisotopic (exact) mass is 340 g/mol. The van der Waals surface area contributed by atoms with Gasteiger partial charge in [0.25, 0.3) is 0 Å². The lowest BCUT2D eigenvalue weighted by Crippen LogP contribution is -2.49. The minimum Gasteiger partial charge on any atom is -0.481 e. The van der Waals surface area contributed by atoms with Crippen LogP contribution in [0, 0.1) is 11.8 Å². The Morgan fingerprint density at radius 1 is 1.43 bits per heavy atom. The Morgan fingerprint density at radius 3 is 2.65 bits per heavy atom. The summed E-state index contributed by atoms with van der Waals surface area (Å²) in [5.74, 6) is -0.853. The lowest BCUT2D eigenvalue weighted by atomic mass is 9.75. The molecule has 0 bridgehead atoms. The molecule has 2 rings (SSSR count). The molecule has 0 radical (unpaired) electrons. The van der Waals surface area contributed by atoms with Crippen LogP contribution < -0.4 is 0 Å². The Morgan fingerprint density at radius 2 is 2.13 bits per heavy atom. The van der Waals surface area contributed by atoms with Crippen molar-refractivity contribution in [1.82, 2.24) is 9.88 Å². The van der Waals surface area contributed by atoms with E-state index in [2.05, 4.69) is 4.98 Å². The number of piperidine rings is 1. The molecule has 1 amide bonds. The highest BCUT2D eigenvalue weighted by atomic mass is 32.1. The van der Waals surface area contributed by atoms with Crippen molar-refractivity contribution in [3.8, 4) is 0 Å². The van der Waals surface area contributed by atoms with E-state index in [1.165, 1.54) is 11.3 Å². The van der Waals surface area contributed by atoms with Crippen LogP contribution in [0.5, 0.6) is 0 Å². The number of carboxylic acids is 1. The molecule has 1 saturated heterocycles. The van der Waals surface area contributed by atoms with E-state index in [0.29, 0.717) is 13.1 Å². The lowest BCUT2D eigenvalue weighted by Gasteiger charge is -2.41. The zero-order valence-corrected chi connectivity index (χ0v) is 14.8. The van der Waals surface area contributed by atoms with Crippen molar-refractivity contribution in [1.29, 1.82) is 0 Å². The van der Waals surface area contributed by atoms with Gasteiger partial charge in [0.05, 0.1) is 11.2 Å². The van der Waals surface area contributed by atoms with E-state index in [0.717, 1.165) is 5.69 Å². The summed E-state index contributed by atoms with van der Waals surface area (Å²) >= 11 is 1.48. The summed E-state index contributed by atoms with van der Waals surface area (Å²) in [6.07, 6.45) is -0.260. The van der Waals surface area contributed by atoms with E-state index < -0.39 is 11.6 Å². The number of ether oxygens (including phenoxy) is 1. The molecule has 3 unspecified atom stereocenters. The minimum absolute atomic E-state index is 0.0340. The van der Waals surface area contributed by atoms with Crippen molar-refractivity contribution in [2.75, 3.05) is 13.1 Å². The van der Waals surface area contributed by atoms with Gasteiger partial charge in [-0.3, -0.25) is 4.79 Å². The van der Waals surface area contributed by atoms with Gasteiger partial charge in [0.1, 0.15) is 5.60 Å². The maximum Gasteiger partial charge on any atom is 0.410 e. The van der Waals surface area contributed by atoms with Crippen LogP contribution in [0.15, 0.2) is 10.9 Å². The topological polar surface area (TPSA) is 79.7 Å². The molecule has 7 heteroatoms. The summed E-state index contributed by atoms with van der Waals surface area (Å²) in [6.45, 7) is 8.45. The first kappa shape index (κ1) is 17.7. The third-order valence-corrected chi connectivity index (χ3v) is 4.67. The number of carbonyl (C=O) groups is 2. The van der Waals surface area contributed by atoms with Crippen molar-refractivity contribution < 1.29 is 19.4 Å². The van der Waals surface area contributed by atoms with E-state index in [4.69, 9.17) is 4.74 Å². The van der Waals surface area contributed by atoms with E-state index >= 15 is 0 Å². The smallest absolute Gasteiger partial charge is 0.410 e. The first-order chi connectivity index (χ1) is 10.7. The lowest BCUT2D eigenvalue weighted by molar-refractivity contribution is -0.139. The second-order valence-corrected chi connectivity index (χ2v) is 7.86. The molecule has 1 fully saturated rings.